The quantitative estimate of drug-likeness (QED) is 0.480. The predicted molar refractivity (Wildman–Crippen MR) is 138 cm³/mol. The lowest BCUT2D eigenvalue weighted by Crippen LogP contribution is -2.58. The Hall–Kier alpha value is -2.03. The molecule has 0 radical (unpaired) electrons. The Kier molecular flexibility index (Phi) is 7.03. The van der Waals surface area contributed by atoms with Gasteiger partial charge in [-0.25, -0.2) is 0 Å². The number of carbonyl (C=O) groups is 3. The highest BCUT2D eigenvalue weighted by Crippen LogP contribution is 2.71. The average molecular weight is 521 g/mol. The minimum atomic E-state index is -1.00. The number of carbonyl (C=O) groups excluding carboxylic acids is 2. The van der Waals surface area contributed by atoms with Gasteiger partial charge in [0.1, 0.15) is 6.04 Å². The average Bonchev–Trinajstić information content (AvgIpc) is 3.39. The SMILES string of the molecule is C=CCN(C(=O)C1N([C@@H](CO)[C@@H](C)CC)C(=O)[C@@H]2[C@@H](C(=O)O)[C@@]3(C)CCC12S3)c1ccc(Cl)cc1. The van der Waals surface area contributed by atoms with Crippen molar-refractivity contribution in [3.05, 3.63) is 41.9 Å². The van der Waals surface area contributed by atoms with Crippen molar-refractivity contribution < 1.29 is 24.6 Å². The van der Waals surface area contributed by atoms with Crippen LogP contribution in [0.5, 0.6) is 0 Å². The van der Waals surface area contributed by atoms with Gasteiger partial charge in [0, 0.05) is 22.0 Å². The number of aliphatic carboxylic acids is 1. The lowest BCUT2D eigenvalue weighted by Gasteiger charge is -2.41. The summed E-state index contributed by atoms with van der Waals surface area (Å²) in [5, 5.41) is 21.1. The number of aliphatic hydroxyl groups is 1. The van der Waals surface area contributed by atoms with E-state index < -0.39 is 39.4 Å². The summed E-state index contributed by atoms with van der Waals surface area (Å²) >= 11 is 7.57. The molecule has 3 saturated heterocycles. The van der Waals surface area contributed by atoms with E-state index in [1.54, 1.807) is 40.1 Å². The summed E-state index contributed by atoms with van der Waals surface area (Å²) in [4.78, 5) is 44.0. The van der Waals surface area contributed by atoms with E-state index in [1.165, 1.54) is 11.8 Å². The zero-order valence-electron chi connectivity index (χ0n) is 20.3. The molecule has 9 heteroatoms. The summed E-state index contributed by atoms with van der Waals surface area (Å²) in [6.07, 6.45) is 3.52. The molecule has 1 aromatic carbocycles. The molecule has 0 aromatic heterocycles. The molecule has 3 heterocycles. The Labute approximate surface area is 215 Å². The normalized spacial score (nSPS) is 32.9. The molecule has 7 nitrogen and oxygen atoms in total. The summed E-state index contributed by atoms with van der Waals surface area (Å²) < 4.78 is -1.48. The van der Waals surface area contributed by atoms with Crippen LogP contribution < -0.4 is 4.90 Å². The fourth-order valence-corrected chi connectivity index (χ4v) is 8.87. The third-order valence-electron chi connectivity index (χ3n) is 8.28. The van der Waals surface area contributed by atoms with Gasteiger partial charge in [0.05, 0.1) is 29.2 Å². The predicted octanol–water partition coefficient (Wildman–Crippen LogP) is 3.83. The van der Waals surface area contributed by atoms with Crippen molar-refractivity contribution in [1.29, 1.82) is 0 Å². The van der Waals surface area contributed by atoms with Crippen molar-refractivity contribution in [2.75, 3.05) is 18.1 Å². The highest BCUT2D eigenvalue weighted by atomic mass is 35.5. The lowest BCUT2D eigenvalue weighted by molar-refractivity contribution is -0.151. The maximum Gasteiger partial charge on any atom is 0.308 e. The summed E-state index contributed by atoms with van der Waals surface area (Å²) in [6, 6.07) is 5.42. The molecule has 2 unspecified atom stereocenters. The number of hydrogen-bond acceptors (Lipinski definition) is 5. The van der Waals surface area contributed by atoms with Crippen LogP contribution in [0.2, 0.25) is 5.02 Å². The molecule has 35 heavy (non-hydrogen) atoms. The molecule has 4 rings (SSSR count). The Morgan fingerprint density at radius 3 is 2.54 bits per heavy atom. The van der Waals surface area contributed by atoms with Gasteiger partial charge in [-0.2, -0.15) is 0 Å². The minimum Gasteiger partial charge on any atom is -0.481 e. The van der Waals surface area contributed by atoms with E-state index in [-0.39, 0.29) is 30.9 Å². The first-order valence-electron chi connectivity index (χ1n) is 12.1. The maximum atomic E-state index is 14.4. The molecule has 2 amide bonds. The van der Waals surface area contributed by atoms with Crippen LogP contribution in [0.3, 0.4) is 0 Å². The van der Waals surface area contributed by atoms with E-state index in [0.717, 1.165) is 0 Å². The van der Waals surface area contributed by atoms with Crippen molar-refractivity contribution in [1.82, 2.24) is 4.90 Å². The van der Waals surface area contributed by atoms with Gasteiger partial charge < -0.3 is 20.0 Å². The van der Waals surface area contributed by atoms with Gasteiger partial charge in [0.25, 0.3) is 5.91 Å². The number of hydrogen-bond donors (Lipinski definition) is 2. The van der Waals surface area contributed by atoms with Crippen molar-refractivity contribution in [3.8, 4) is 0 Å². The Bertz CT molecular complexity index is 1040. The Morgan fingerprint density at radius 1 is 1.34 bits per heavy atom. The highest BCUT2D eigenvalue weighted by Gasteiger charge is 2.78. The molecule has 3 aliphatic heterocycles. The number of anilines is 1. The number of fused-ring (bicyclic) bond motifs is 1. The van der Waals surface area contributed by atoms with Crippen LogP contribution >= 0.6 is 23.4 Å². The van der Waals surface area contributed by atoms with Gasteiger partial charge in [0.15, 0.2) is 0 Å². The van der Waals surface area contributed by atoms with Crippen molar-refractivity contribution >= 4 is 46.8 Å². The molecular weight excluding hydrogens is 488 g/mol. The fraction of sp³-hybridized carbons (Fsp3) is 0.577. The van der Waals surface area contributed by atoms with Crippen molar-refractivity contribution in [3.63, 3.8) is 0 Å². The molecule has 3 fully saturated rings. The van der Waals surface area contributed by atoms with Crippen LogP contribution in [-0.2, 0) is 14.4 Å². The smallest absolute Gasteiger partial charge is 0.308 e. The molecular formula is C26H33ClN2O5S. The van der Waals surface area contributed by atoms with Gasteiger partial charge in [-0.1, -0.05) is 37.9 Å². The molecule has 0 aliphatic carbocycles. The van der Waals surface area contributed by atoms with Gasteiger partial charge in [-0.15, -0.1) is 18.3 Å². The molecule has 2 bridgehead atoms. The molecule has 190 valence electrons. The molecule has 3 aliphatic rings. The number of carboxylic acids is 1. The van der Waals surface area contributed by atoms with E-state index in [1.807, 2.05) is 20.8 Å². The molecule has 2 N–H and O–H groups in total. The van der Waals surface area contributed by atoms with Crippen LogP contribution in [-0.4, -0.2) is 67.6 Å². The monoisotopic (exact) mass is 520 g/mol. The number of benzene rings is 1. The van der Waals surface area contributed by atoms with E-state index in [4.69, 9.17) is 11.6 Å². The molecule has 0 saturated carbocycles. The van der Waals surface area contributed by atoms with E-state index in [9.17, 15) is 24.6 Å². The largest absolute Gasteiger partial charge is 0.481 e. The Morgan fingerprint density at radius 2 is 2.00 bits per heavy atom. The second-order valence-electron chi connectivity index (χ2n) is 10.2. The van der Waals surface area contributed by atoms with Crippen LogP contribution in [0.1, 0.15) is 40.0 Å². The van der Waals surface area contributed by atoms with E-state index in [2.05, 4.69) is 6.58 Å². The van der Waals surface area contributed by atoms with Crippen molar-refractivity contribution in [2.24, 2.45) is 17.8 Å². The molecule has 1 spiro atoms. The number of amides is 2. The number of halogens is 1. The first kappa shape index (κ1) is 26.0. The number of carboxylic acid groups (broad SMARTS) is 1. The number of nitrogens with zero attached hydrogens (tertiary/aromatic N) is 2. The van der Waals surface area contributed by atoms with Crippen LogP contribution in [0.25, 0.3) is 0 Å². The van der Waals surface area contributed by atoms with Gasteiger partial charge in [0.2, 0.25) is 5.91 Å². The maximum absolute atomic E-state index is 14.4. The summed E-state index contributed by atoms with van der Waals surface area (Å²) in [7, 11) is 0. The van der Waals surface area contributed by atoms with E-state index in [0.29, 0.717) is 30.0 Å². The highest BCUT2D eigenvalue weighted by molar-refractivity contribution is 8.02. The third kappa shape index (κ3) is 3.89. The van der Waals surface area contributed by atoms with Crippen molar-refractivity contribution in [2.45, 2.75) is 61.6 Å². The first-order chi connectivity index (χ1) is 16.6. The fourth-order valence-electron chi connectivity index (χ4n) is 6.41. The number of rotatable bonds is 9. The van der Waals surface area contributed by atoms with Gasteiger partial charge in [-0.3, -0.25) is 14.4 Å². The number of likely N-dealkylation sites (tertiary alicyclic amines) is 1. The molecule has 7 atom stereocenters. The summed E-state index contributed by atoms with van der Waals surface area (Å²) in [6.45, 7) is 9.56. The third-order valence-corrected chi connectivity index (χ3v) is 10.5. The standard InChI is InChI=1S/C26H33ClN2O5S/c1-5-13-28(17-9-7-16(27)8-10-17)23(32)21-26-12-11-25(4,35-26)20(24(33)34)19(26)22(31)29(21)18(14-30)15(3)6-2/h5,7-10,15,18-21,30H,1,6,11-14H2,2-4H3,(H,33,34)/t15-,18-,19-,20-,21?,25+,26?/m0/s1. The van der Waals surface area contributed by atoms with Crippen LogP contribution in [0.4, 0.5) is 5.69 Å². The topological polar surface area (TPSA) is 98.2 Å². The van der Waals surface area contributed by atoms with Gasteiger partial charge in [-0.05, 0) is 49.9 Å². The lowest BCUT2D eigenvalue weighted by atomic mass is 9.66. The summed E-state index contributed by atoms with van der Waals surface area (Å²) in [5.41, 5.74) is 0.620. The molecule has 1 aromatic rings. The second kappa shape index (κ2) is 9.45. The minimum absolute atomic E-state index is 0.0704. The zero-order valence-corrected chi connectivity index (χ0v) is 21.9. The van der Waals surface area contributed by atoms with Crippen LogP contribution in [0, 0.1) is 17.8 Å². The second-order valence-corrected chi connectivity index (χ2v) is 12.5. The number of aliphatic hydroxyl groups excluding tert-OH is 1. The van der Waals surface area contributed by atoms with Gasteiger partial charge >= 0.3 is 5.97 Å². The summed E-state index contributed by atoms with van der Waals surface area (Å²) in [5.74, 6) is -3.38. The Balaban J connectivity index is 1.87. The first-order valence-corrected chi connectivity index (χ1v) is 13.3. The number of thioether (sulfide) groups is 1. The zero-order chi connectivity index (χ0) is 25.7. The van der Waals surface area contributed by atoms with E-state index >= 15 is 0 Å². The van der Waals surface area contributed by atoms with Crippen LogP contribution in [0.15, 0.2) is 36.9 Å².